The molecule has 0 heterocycles. The number of nitrogens with zero attached hydrogens (tertiary/aromatic N) is 1. The predicted octanol–water partition coefficient (Wildman–Crippen LogP) is 3.85. The van der Waals surface area contributed by atoms with Gasteiger partial charge < -0.3 is 5.11 Å². The Labute approximate surface area is 132 Å². The fourth-order valence-electron chi connectivity index (χ4n) is 1.63. The van der Waals surface area contributed by atoms with Crippen molar-refractivity contribution in [3.63, 3.8) is 0 Å². The predicted molar refractivity (Wildman–Crippen MR) is 84.2 cm³/mol. The second-order valence-corrected chi connectivity index (χ2v) is 5.15. The first kappa shape index (κ1) is 15.4. The molecule has 0 saturated heterocycles. The molecule has 108 valence electrons. The minimum atomic E-state index is -0.444. The first-order valence-electron chi connectivity index (χ1n) is 6.06. The van der Waals surface area contributed by atoms with Gasteiger partial charge in [0.1, 0.15) is 5.75 Å². The molecule has 0 aromatic heterocycles. The largest absolute Gasteiger partial charge is 0.508 e. The van der Waals surface area contributed by atoms with Gasteiger partial charge in [0, 0.05) is 5.02 Å². The molecule has 2 aromatic rings. The van der Waals surface area contributed by atoms with Crippen LogP contribution in [-0.4, -0.2) is 16.7 Å². The Balaban J connectivity index is 2.14. The van der Waals surface area contributed by atoms with Crippen LogP contribution in [0, 0.1) is 0 Å². The van der Waals surface area contributed by atoms with Crippen molar-refractivity contribution in [2.75, 3.05) is 0 Å². The summed E-state index contributed by atoms with van der Waals surface area (Å²) in [4.78, 5) is 12.0. The molecule has 1 amide bonds. The van der Waals surface area contributed by atoms with Crippen molar-refractivity contribution in [2.24, 2.45) is 5.10 Å². The Bertz CT molecular complexity index is 697. The highest BCUT2D eigenvalue weighted by atomic mass is 35.5. The molecule has 2 N–H and O–H groups in total. The minimum Gasteiger partial charge on any atom is -0.508 e. The molecule has 0 saturated carbocycles. The van der Waals surface area contributed by atoms with Crippen LogP contribution in [0.3, 0.4) is 0 Å². The van der Waals surface area contributed by atoms with E-state index in [1.54, 1.807) is 43.3 Å². The molecule has 0 radical (unpaired) electrons. The van der Waals surface area contributed by atoms with Gasteiger partial charge in [-0.15, -0.1) is 0 Å². The third kappa shape index (κ3) is 3.97. The van der Waals surface area contributed by atoms with Gasteiger partial charge >= 0.3 is 0 Å². The van der Waals surface area contributed by atoms with Gasteiger partial charge in [-0.2, -0.15) is 5.10 Å². The second kappa shape index (κ2) is 6.61. The summed E-state index contributed by atoms with van der Waals surface area (Å²) in [5.41, 5.74) is 4.06. The number of phenols is 1. The van der Waals surface area contributed by atoms with E-state index in [4.69, 9.17) is 23.2 Å². The van der Waals surface area contributed by atoms with Gasteiger partial charge in [0.05, 0.1) is 16.3 Å². The molecule has 0 fully saturated rings. The highest BCUT2D eigenvalue weighted by Crippen LogP contribution is 2.20. The Morgan fingerprint density at radius 3 is 2.48 bits per heavy atom. The molecular weight excluding hydrogens is 311 g/mol. The van der Waals surface area contributed by atoms with E-state index in [2.05, 4.69) is 10.5 Å². The third-order valence-corrected chi connectivity index (χ3v) is 3.35. The van der Waals surface area contributed by atoms with E-state index in [0.29, 0.717) is 15.8 Å². The minimum absolute atomic E-state index is 0.168. The number of phenolic OH excluding ortho intramolecular Hbond substituents is 1. The summed E-state index contributed by atoms with van der Waals surface area (Å²) in [7, 11) is 0. The molecule has 0 atom stereocenters. The number of aromatic hydroxyl groups is 1. The summed E-state index contributed by atoms with van der Waals surface area (Å²) in [6.07, 6.45) is 0. The van der Waals surface area contributed by atoms with Crippen LogP contribution in [-0.2, 0) is 0 Å². The van der Waals surface area contributed by atoms with Crippen LogP contribution in [0.25, 0.3) is 0 Å². The molecule has 0 spiro atoms. The SMILES string of the molecule is C/C(=N\NC(=O)c1cc(Cl)ccc1Cl)c1ccc(O)cc1. The maximum absolute atomic E-state index is 12.0. The highest BCUT2D eigenvalue weighted by molar-refractivity contribution is 6.35. The number of halogens is 2. The number of amides is 1. The molecule has 2 aromatic carbocycles. The lowest BCUT2D eigenvalue weighted by Crippen LogP contribution is -2.19. The van der Waals surface area contributed by atoms with Gasteiger partial charge in [0.15, 0.2) is 0 Å². The fraction of sp³-hybridized carbons (Fsp3) is 0.0667. The van der Waals surface area contributed by atoms with Crippen LogP contribution >= 0.6 is 23.2 Å². The second-order valence-electron chi connectivity index (χ2n) is 4.31. The monoisotopic (exact) mass is 322 g/mol. The zero-order chi connectivity index (χ0) is 15.4. The molecule has 0 bridgehead atoms. The van der Waals surface area contributed by atoms with Crippen LogP contribution in [0.1, 0.15) is 22.8 Å². The van der Waals surface area contributed by atoms with Crippen molar-refractivity contribution in [1.29, 1.82) is 0 Å². The number of nitrogens with one attached hydrogen (secondary N) is 1. The molecule has 6 heteroatoms. The Kier molecular flexibility index (Phi) is 4.83. The lowest BCUT2D eigenvalue weighted by molar-refractivity contribution is 0.0955. The van der Waals surface area contributed by atoms with Gasteiger partial charge in [0.25, 0.3) is 5.91 Å². The molecule has 21 heavy (non-hydrogen) atoms. The summed E-state index contributed by atoms with van der Waals surface area (Å²) in [5, 5.41) is 14.0. The molecule has 0 aliphatic heterocycles. The lowest BCUT2D eigenvalue weighted by atomic mass is 10.1. The summed E-state index contributed by atoms with van der Waals surface area (Å²) in [6, 6.07) is 11.1. The number of rotatable bonds is 3. The number of carbonyl (C=O) groups is 1. The van der Waals surface area contributed by atoms with Gasteiger partial charge in [0.2, 0.25) is 0 Å². The lowest BCUT2D eigenvalue weighted by Gasteiger charge is -2.05. The first-order chi connectivity index (χ1) is 9.97. The van der Waals surface area contributed by atoms with E-state index in [0.717, 1.165) is 5.56 Å². The highest BCUT2D eigenvalue weighted by Gasteiger charge is 2.10. The zero-order valence-corrected chi connectivity index (χ0v) is 12.6. The van der Waals surface area contributed by atoms with E-state index in [9.17, 15) is 9.90 Å². The average molecular weight is 323 g/mol. The zero-order valence-electron chi connectivity index (χ0n) is 11.1. The Morgan fingerprint density at radius 1 is 1.14 bits per heavy atom. The average Bonchev–Trinajstić information content (AvgIpc) is 2.47. The van der Waals surface area contributed by atoms with E-state index in [1.165, 1.54) is 6.07 Å². The van der Waals surface area contributed by atoms with Crippen LogP contribution in [0.5, 0.6) is 5.75 Å². The van der Waals surface area contributed by atoms with E-state index >= 15 is 0 Å². The number of hydrogen-bond donors (Lipinski definition) is 2. The molecule has 0 aliphatic carbocycles. The molecular formula is C15H12Cl2N2O2. The quantitative estimate of drug-likeness (QED) is 0.666. The van der Waals surface area contributed by atoms with Gasteiger partial charge in [-0.25, -0.2) is 5.43 Å². The van der Waals surface area contributed by atoms with Crippen LogP contribution < -0.4 is 5.43 Å². The van der Waals surface area contributed by atoms with Crippen molar-refractivity contribution >= 4 is 34.8 Å². The van der Waals surface area contributed by atoms with Gasteiger partial charge in [-0.3, -0.25) is 4.79 Å². The van der Waals surface area contributed by atoms with Gasteiger partial charge in [-0.1, -0.05) is 23.2 Å². The number of carbonyl (C=O) groups excluding carboxylic acids is 1. The molecule has 4 nitrogen and oxygen atoms in total. The Hall–Kier alpha value is -2.04. The fourth-order valence-corrected chi connectivity index (χ4v) is 2.01. The van der Waals surface area contributed by atoms with Crippen molar-refractivity contribution in [3.8, 4) is 5.75 Å². The molecule has 2 rings (SSSR count). The summed E-state index contributed by atoms with van der Waals surface area (Å²) < 4.78 is 0. The van der Waals surface area contributed by atoms with E-state index in [1.807, 2.05) is 0 Å². The van der Waals surface area contributed by atoms with Crippen LogP contribution in [0.15, 0.2) is 47.6 Å². The Morgan fingerprint density at radius 2 is 1.81 bits per heavy atom. The maximum Gasteiger partial charge on any atom is 0.272 e. The third-order valence-electron chi connectivity index (χ3n) is 2.78. The number of hydrazone groups is 1. The van der Waals surface area contributed by atoms with E-state index in [-0.39, 0.29) is 11.3 Å². The topological polar surface area (TPSA) is 61.7 Å². The van der Waals surface area contributed by atoms with Crippen molar-refractivity contribution in [3.05, 3.63) is 63.6 Å². The van der Waals surface area contributed by atoms with Crippen LogP contribution in [0.2, 0.25) is 10.0 Å². The first-order valence-corrected chi connectivity index (χ1v) is 6.82. The van der Waals surface area contributed by atoms with Crippen LogP contribution in [0.4, 0.5) is 0 Å². The van der Waals surface area contributed by atoms with Crippen molar-refractivity contribution in [1.82, 2.24) is 5.43 Å². The van der Waals surface area contributed by atoms with Crippen molar-refractivity contribution < 1.29 is 9.90 Å². The maximum atomic E-state index is 12.0. The smallest absolute Gasteiger partial charge is 0.272 e. The standard InChI is InChI=1S/C15H12Cl2N2O2/c1-9(10-2-5-12(20)6-3-10)18-19-15(21)13-8-11(16)4-7-14(13)17/h2-8,20H,1H3,(H,19,21)/b18-9+. The summed E-state index contributed by atoms with van der Waals surface area (Å²) in [5.74, 6) is -0.276. The van der Waals surface area contributed by atoms with Gasteiger partial charge in [-0.05, 0) is 55.0 Å². The summed E-state index contributed by atoms with van der Waals surface area (Å²) >= 11 is 11.8. The normalized spacial score (nSPS) is 11.3. The number of benzene rings is 2. The molecule has 0 aliphatic rings. The number of hydrogen-bond acceptors (Lipinski definition) is 3. The van der Waals surface area contributed by atoms with Crippen molar-refractivity contribution in [2.45, 2.75) is 6.92 Å². The molecule has 0 unspecified atom stereocenters. The van der Waals surface area contributed by atoms with E-state index < -0.39 is 5.91 Å². The summed E-state index contributed by atoms with van der Waals surface area (Å²) in [6.45, 7) is 1.74.